The second kappa shape index (κ2) is 8.73. The molecule has 0 aromatic heterocycles. The van der Waals surface area contributed by atoms with Crippen LogP contribution in [-0.2, 0) is 14.8 Å². The Morgan fingerprint density at radius 2 is 1.84 bits per heavy atom. The number of halogens is 1. The largest absolute Gasteiger partial charge is 0.340 e. The number of carbonyl (C=O) groups is 1. The maximum absolute atomic E-state index is 13.1. The second-order valence-electron chi connectivity index (χ2n) is 6.59. The standard InChI is InChI=1S/C17H26FN3O3S/c1-14(2)13-21(10-7-17(22)20-11-8-19-9-12-20)25(23,24)16-5-3-15(18)4-6-16/h3-6,14,19H,7-13H2,1-2H3. The summed E-state index contributed by atoms with van der Waals surface area (Å²) >= 11 is 0. The molecule has 1 fully saturated rings. The summed E-state index contributed by atoms with van der Waals surface area (Å²) in [7, 11) is -3.76. The molecule has 0 unspecified atom stereocenters. The highest BCUT2D eigenvalue weighted by atomic mass is 32.2. The van der Waals surface area contributed by atoms with E-state index in [1.54, 1.807) is 4.90 Å². The molecular formula is C17H26FN3O3S. The molecule has 25 heavy (non-hydrogen) atoms. The minimum absolute atomic E-state index is 0.0374. The zero-order chi connectivity index (χ0) is 18.4. The number of nitrogens with zero attached hydrogens (tertiary/aromatic N) is 2. The van der Waals surface area contributed by atoms with Gasteiger partial charge in [0.15, 0.2) is 0 Å². The van der Waals surface area contributed by atoms with Gasteiger partial charge < -0.3 is 10.2 Å². The Labute approximate surface area is 149 Å². The van der Waals surface area contributed by atoms with Crippen molar-refractivity contribution in [1.29, 1.82) is 0 Å². The van der Waals surface area contributed by atoms with Gasteiger partial charge in [0.25, 0.3) is 0 Å². The average Bonchev–Trinajstić information content (AvgIpc) is 2.59. The van der Waals surface area contributed by atoms with Crippen molar-refractivity contribution in [1.82, 2.24) is 14.5 Å². The van der Waals surface area contributed by atoms with Crippen molar-refractivity contribution >= 4 is 15.9 Å². The number of sulfonamides is 1. The van der Waals surface area contributed by atoms with Gasteiger partial charge in [-0.1, -0.05) is 13.8 Å². The summed E-state index contributed by atoms with van der Waals surface area (Å²) in [5.41, 5.74) is 0. The molecule has 1 saturated heterocycles. The van der Waals surface area contributed by atoms with E-state index in [9.17, 15) is 17.6 Å². The number of amides is 1. The maximum atomic E-state index is 13.1. The van der Waals surface area contributed by atoms with Gasteiger partial charge in [0, 0.05) is 45.7 Å². The van der Waals surface area contributed by atoms with Crippen molar-refractivity contribution in [2.45, 2.75) is 25.2 Å². The molecule has 2 rings (SSSR count). The van der Waals surface area contributed by atoms with E-state index < -0.39 is 15.8 Å². The highest BCUT2D eigenvalue weighted by molar-refractivity contribution is 7.89. The highest BCUT2D eigenvalue weighted by Crippen LogP contribution is 2.18. The predicted octanol–water partition coefficient (Wildman–Crippen LogP) is 1.29. The zero-order valence-corrected chi connectivity index (χ0v) is 15.6. The third kappa shape index (κ3) is 5.49. The molecule has 1 heterocycles. The van der Waals surface area contributed by atoms with Gasteiger partial charge in [0.1, 0.15) is 5.82 Å². The molecule has 140 valence electrons. The van der Waals surface area contributed by atoms with Crippen LogP contribution in [0.3, 0.4) is 0 Å². The minimum Gasteiger partial charge on any atom is -0.340 e. The third-order valence-corrected chi connectivity index (χ3v) is 5.94. The van der Waals surface area contributed by atoms with Gasteiger partial charge in [-0.15, -0.1) is 0 Å². The molecule has 0 bridgehead atoms. The predicted molar refractivity (Wildman–Crippen MR) is 94.1 cm³/mol. The molecule has 6 nitrogen and oxygen atoms in total. The van der Waals surface area contributed by atoms with Crippen LogP contribution in [0.5, 0.6) is 0 Å². The van der Waals surface area contributed by atoms with Gasteiger partial charge in [0.2, 0.25) is 15.9 Å². The molecule has 8 heteroatoms. The third-order valence-electron chi connectivity index (χ3n) is 4.06. The lowest BCUT2D eigenvalue weighted by molar-refractivity contribution is -0.131. The number of hydrogen-bond acceptors (Lipinski definition) is 4. The van der Waals surface area contributed by atoms with Gasteiger partial charge in [-0.3, -0.25) is 4.79 Å². The van der Waals surface area contributed by atoms with Gasteiger partial charge >= 0.3 is 0 Å². The summed E-state index contributed by atoms with van der Waals surface area (Å²) in [5, 5.41) is 3.18. The van der Waals surface area contributed by atoms with Crippen molar-refractivity contribution < 1.29 is 17.6 Å². The van der Waals surface area contributed by atoms with Crippen molar-refractivity contribution in [2.24, 2.45) is 5.92 Å². The van der Waals surface area contributed by atoms with Gasteiger partial charge in [-0.2, -0.15) is 4.31 Å². The molecule has 1 aromatic carbocycles. The summed E-state index contributed by atoms with van der Waals surface area (Å²) < 4.78 is 40.1. The van der Waals surface area contributed by atoms with Gasteiger partial charge in [-0.05, 0) is 30.2 Å². The lowest BCUT2D eigenvalue weighted by Gasteiger charge is -2.29. The van der Waals surface area contributed by atoms with E-state index in [0.29, 0.717) is 19.6 Å². The van der Waals surface area contributed by atoms with E-state index in [0.717, 1.165) is 25.2 Å². The summed E-state index contributed by atoms with van der Waals surface area (Å²) in [6, 6.07) is 4.78. The lowest BCUT2D eigenvalue weighted by Crippen LogP contribution is -2.47. The molecule has 1 aliphatic rings. The number of benzene rings is 1. The Hall–Kier alpha value is -1.51. The van der Waals surface area contributed by atoms with Crippen molar-refractivity contribution in [3.8, 4) is 0 Å². The zero-order valence-electron chi connectivity index (χ0n) is 14.7. The Morgan fingerprint density at radius 3 is 2.40 bits per heavy atom. The molecule has 0 atom stereocenters. The first kappa shape index (κ1) is 19.8. The van der Waals surface area contributed by atoms with Crippen LogP contribution in [0.4, 0.5) is 4.39 Å². The molecule has 0 radical (unpaired) electrons. The van der Waals surface area contributed by atoms with Crippen molar-refractivity contribution in [2.75, 3.05) is 39.3 Å². The number of carbonyl (C=O) groups excluding carboxylic acids is 1. The summed E-state index contributed by atoms with van der Waals surface area (Å²) in [6.45, 7) is 7.10. The number of piperazine rings is 1. The molecule has 1 N–H and O–H groups in total. The van der Waals surface area contributed by atoms with Crippen LogP contribution in [0, 0.1) is 11.7 Å². The topological polar surface area (TPSA) is 69.7 Å². The number of nitrogens with one attached hydrogen (secondary N) is 1. The quantitative estimate of drug-likeness (QED) is 0.784. The first-order chi connectivity index (χ1) is 11.8. The van der Waals surface area contributed by atoms with E-state index in [1.807, 2.05) is 13.8 Å². The fraction of sp³-hybridized carbons (Fsp3) is 0.588. The maximum Gasteiger partial charge on any atom is 0.243 e. The Balaban J connectivity index is 2.09. The van der Waals surface area contributed by atoms with Crippen LogP contribution in [0.15, 0.2) is 29.2 Å². The first-order valence-electron chi connectivity index (χ1n) is 8.55. The van der Waals surface area contributed by atoms with Crippen LogP contribution in [0.1, 0.15) is 20.3 Å². The van der Waals surface area contributed by atoms with E-state index in [-0.39, 0.29) is 29.7 Å². The van der Waals surface area contributed by atoms with Crippen molar-refractivity contribution in [3.05, 3.63) is 30.1 Å². The SMILES string of the molecule is CC(C)CN(CCC(=O)N1CCNCC1)S(=O)(=O)c1ccc(F)cc1. The first-order valence-corrected chi connectivity index (χ1v) is 9.99. The van der Waals surface area contributed by atoms with Crippen molar-refractivity contribution in [3.63, 3.8) is 0 Å². The van der Waals surface area contributed by atoms with Crippen LogP contribution < -0.4 is 5.32 Å². The van der Waals surface area contributed by atoms with E-state index in [1.165, 1.54) is 16.4 Å². The summed E-state index contributed by atoms with van der Waals surface area (Å²) in [5.74, 6) is -0.405. The van der Waals surface area contributed by atoms with E-state index in [2.05, 4.69) is 5.32 Å². The molecule has 1 aliphatic heterocycles. The minimum atomic E-state index is -3.76. The van der Waals surface area contributed by atoms with Gasteiger partial charge in [0.05, 0.1) is 4.90 Å². The van der Waals surface area contributed by atoms with Gasteiger partial charge in [-0.25, -0.2) is 12.8 Å². The number of hydrogen-bond donors (Lipinski definition) is 1. The average molecular weight is 371 g/mol. The molecule has 0 saturated carbocycles. The molecule has 1 aromatic rings. The summed E-state index contributed by atoms with van der Waals surface area (Å²) in [6.07, 6.45) is 0.146. The highest BCUT2D eigenvalue weighted by Gasteiger charge is 2.27. The smallest absolute Gasteiger partial charge is 0.243 e. The Kier molecular flexibility index (Phi) is 6.92. The fourth-order valence-electron chi connectivity index (χ4n) is 2.77. The molecule has 0 spiro atoms. The monoisotopic (exact) mass is 371 g/mol. The second-order valence-corrected chi connectivity index (χ2v) is 8.53. The molecule has 1 amide bonds. The van der Waals surface area contributed by atoms with Crippen LogP contribution in [0.2, 0.25) is 0 Å². The van der Waals surface area contributed by atoms with Crippen LogP contribution in [-0.4, -0.2) is 62.8 Å². The number of rotatable bonds is 7. The normalized spacial score (nSPS) is 15.8. The summed E-state index contributed by atoms with van der Waals surface area (Å²) in [4.78, 5) is 14.1. The van der Waals surface area contributed by atoms with E-state index in [4.69, 9.17) is 0 Å². The lowest BCUT2D eigenvalue weighted by atomic mass is 10.2. The molecular weight excluding hydrogens is 345 g/mol. The van der Waals surface area contributed by atoms with E-state index >= 15 is 0 Å². The van der Waals surface area contributed by atoms with Crippen LogP contribution >= 0.6 is 0 Å². The Bertz CT molecular complexity index is 671. The molecule has 0 aliphatic carbocycles. The fourth-order valence-corrected chi connectivity index (χ4v) is 4.37. The van der Waals surface area contributed by atoms with Crippen LogP contribution in [0.25, 0.3) is 0 Å². The Morgan fingerprint density at radius 1 is 1.24 bits per heavy atom.